The molecule has 1 saturated heterocycles. The van der Waals surface area contributed by atoms with E-state index in [4.69, 9.17) is 10.5 Å². The van der Waals surface area contributed by atoms with Gasteiger partial charge in [0.15, 0.2) is 11.2 Å². The van der Waals surface area contributed by atoms with Crippen LogP contribution < -0.4 is 16.1 Å². The SMILES string of the molecule is CCOC(=O)c1cc(=O)c2cc(N)c(N3CCN(C)CC3)c(F)c2n1C1CC1. The molecule has 2 aromatic rings. The van der Waals surface area contributed by atoms with Gasteiger partial charge < -0.3 is 24.8 Å². The molecular formula is C20H25FN4O3. The van der Waals surface area contributed by atoms with Crippen LogP contribution in [0.5, 0.6) is 0 Å². The summed E-state index contributed by atoms with van der Waals surface area (Å²) in [5.74, 6) is -1.14. The van der Waals surface area contributed by atoms with Gasteiger partial charge in [0.25, 0.3) is 0 Å². The van der Waals surface area contributed by atoms with Crippen LogP contribution in [0.3, 0.4) is 0 Å². The van der Waals surface area contributed by atoms with Crippen LogP contribution in [0.25, 0.3) is 10.9 Å². The van der Waals surface area contributed by atoms with Gasteiger partial charge in [0.05, 0.1) is 28.9 Å². The molecule has 2 aliphatic rings. The molecule has 4 rings (SSSR count). The molecule has 0 spiro atoms. The molecule has 0 radical (unpaired) electrons. The number of esters is 1. The number of fused-ring (bicyclic) bond motifs is 1. The van der Waals surface area contributed by atoms with Crippen molar-refractivity contribution in [1.82, 2.24) is 9.47 Å². The van der Waals surface area contributed by atoms with Crippen molar-refractivity contribution in [3.05, 3.63) is 33.9 Å². The van der Waals surface area contributed by atoms with Crippen molar-refractivity contribution in [1.29, 1.82) is 0 Å². The van der Waals surface area contributed by atoms with Crippen molar-refractivity contribution in [2.75, 3.05) is 50.5 Å². The minimum absolute atomic E-state index is 0.0130. The van der Waals surface area contributed by atoms with E-state index >= 15 is 4.39 Å². The van der Waals surface area contributed by atoms with E-state index in [1.807, 2.05) is 11.9 Å². The van der Waals surface area contributed by atoms with Gasteiger partial charge >= 0.3 is 5.97 Å². The van der Waals surface area contributed by atoms with Crippen LogP contribution in [0.4, 0.5) is 15.8 Å². The first kappa shape index (κ1) is 18.7. The number of nitrogens with zero attached hydrogens (tertiary/aromatic N) is 3. The summed E-state index contributed by atoms with van der Waals surface area (Å²) in [5, 5.41) is 0.202. The Hall–Kier alpha value is -2.61. The number of nitrogens with two attached hydrogens (primary N) is 1. The van der Waals surface area contributed by atoms with Crippen LogP contribution in [0, 0.1) is 5.82 Å². The molecule has 2 heterocycles. The first-order valence-electron chi connectivity index (χ1n) is 9.70. The monoisotopic (exact) mass is 388 g/mol. The van der Waals surface area contributed by atoms with E-state index in [0.29, 0.717) is 18.8 Å². The molecule has 0 unspecified atom stereocenters. The Kier molecular flexibility index (Phi) is 4.74. The quantitative estimate of drug-likeness (QED) is 0.637. The van der Waals surface area contributed by atoms with Gasteiger partial charge in [-0.25, -0.2) is 9.18 Å². The maximum atomic E-state index is 15.8. The zero-order valence-corrected chi connectivity index (χ0v) is 16.2. The second kappa shape index (κ2) is 7.09. The number of benzene rings is 1. The number of hydrogen-bond acceptors (Lipinski definition) is 6. The topological polar surface area (TPSA) is 80.8 Å². The van der Waals surface area contributed by atoms with Crippen molar-refractivity contribution in [2.24, 2.45) is 0 Å². The maximum absolute atomic E-state index is 15.8. The predicted molar refractivity (Wildman–Crippen MR) is 107 cm³/mol. The smallest absolute Gasteiger partial charge is 0.355 e. The minimum Gasteiger partial charge on any atom is -0.461 e. The molecule has 0 amide bonds. The summed E-state index contributed by atoms with van der Waals surface area (Å²) in [5.41, 5.74) is 6.57. The fraction of sp³-hybridized carbons (Fsp3) is 0.500. The lowest BCUT2D eigenvalue weighted by atomic mass is 10.1. The molecule has 1 aromatic carbocycles. The van der Waals surface area contributed by atoms with Crippen LogP contribution in [-0.2, 0) is 4.74 Å². The van der Waals surface area contributed by atoms with E-state index in [2.05, 4.69) is 4.90 Å². The summed E-state index contributed by atoms with van der Waals surface area (Å²) in [4.78, 5) is 29.2. The van der Waals surface area contributed by atoms with Crippen molar-refractivity contribution >= 4 is 28.2 Å². The van der Waals surface area contributed by atoms with E-state index in [1.54, 1.807) is 17.6 Å². The van der Waals surface area contributed by atoms with Gasteiger partial charge in [0.2, 0.25) is 0 Å². The lowest BCUT2D eigenvalue weighted by molar-refractivity contribution is 0.0513. The van der Waals surface area contributed by atoms with Crippen LogP contribution in [0.1, 0.15) is 36.3 Å². The Labute approximate surface area is 162 Å². The summed E-state index contributed by atoms with van der Waals surface area (Å²) in [6, 6.07) is 2.77. The Morgan fingerprint density at radius 1 is 1.25 bits per heavy atom. The molecule has 0 atom stereocenters. The highest BCUT2D eigenvalue weighted by molar-refractivity contribution is 5.95. The normalized spacial score (nSPS) is 17.9. The minimum atomic E-state index is -0.606. The molecule has 1 aromatic heterocycles. The van der Waals surface area contributed by atoms with Gasteiger partial charge in [-0.05, 0) is 32.9 Å². The van der Waals surface area contributed by atoms with Crippen molar-refractivity contribution < 1.29 is 13.9 Å². The summed E-state index contributed by atoms with van der Waals surface area (Å²) in [7, 11) is 2.02. The number of likely N-dealkylation sites (N-methyl/N-ethyl adjacent to an activating group) is 1. The Morgan fingerprint density at radius 2 is 1.93 bits per heavy atom. The van der Waals surface area contributed by atoms with Crippen molar-refractivity contribution in [2.45, 2.75) is 25.8 Å². The van der Waals surface area contributed by atoms with E-state index in [9.17, 15) is 9.59 Å². The largest absolute Gasteiger partial charge is 0.461 e. The maximum Gasteiger partial charge on any atom is 0.355 e. The summed E-state index contributed by atoms with van der Waals surface area (Å²) in [6.45, 7) is 4.78. The van der Waals surface area contributed by atoms with E-state index < -0.39 is 17.2 Å². The van der Waals surface area contributed by atoms with Crippen LogP contribution >= 0.6 is 0 Å². The number of carbonyl (C=O) groups is 1. The highest BCUT2D eigenvalue weighted by Gasteiger charge is 2.33. The molecular weight excluding hydrogens is 363 g/mol. The van der Waals surface area contributed by atoms with Gasteiger partial charge in [-0.1, -0.05) is 0 Å². The first-order chi connectivity index (χ1) is 13.4. The van der Waals surface area contributed by atoms with Gasteiger partial charge in [0.1, 0.15) is 5.69 Å². The summed E-state index contributed by atoms with van der Waals surface area (Å²) >= 11 is 0. The number of piperazine rings is 1. The first-order valence-corrected chi connectivity index (χ1v) is 9.70. The second-order valence-corrected chi connectivity index (χ2v) is 7.53. The molecule has 2 fully saturated rings. The number of nitrogen functional groups attached to an aromatic ring is 1. The summed E-state index contributed by atoms with van der Waals surface area (Å²) < 4.78 is 22.6. The standard InChI is InChI=1S/C20H25FN4O3/c1-3-28-20(27)15-11-16(26)13-10-14(22)19(24-8-6-23(2)7-9-24)17(21)18(13)25(15)12-4-5-12/h10-12H,3-9,22H2,1-2H3. The molecule has 1 aliphatic carbocycles. The number of rotatable bonds is 4. The average molecular weight is 388 g/mol. The fourth-order valence-electron chi connectivity index (χ4n) is 3.89. The molecule has 8 heteroatoms. The van der Waals surface area contributed by atoms with Gasteiger partial charge in [-0.3, -0.25) is 4.79 Å². The third-order valence-electron chi connectivity index (χ3n) is 5.49. The number of ether oxygens (including phenoxy) is 1. The van der Waals surface area contributed by atoms with Crippen LogP contribution in [0.2, 0.25) is 0 Å². The molecule has 1 aliphatic heterocycles. The number of hydrogen-bond donors (Lipinski definition) is 1. The van der Waals surface area contributed by atoms with Gasteiger partial charge in [-0.15, -0.1) is 0 Å². The average Bonchev–Trinajstić information content (AvgIpc) is 3.49. The van der Waals surface area contributed by atoms with Crippen molar-refractivity contribution in [3.8, 4) is 0 Å². The second-order valence-electron chi connectivity index (χ2n) is 7.53. The third-order valence-corrected chi connectivity index (χ3v) is 5.49. The fourth-order valence-corrected chi connectivity index (χ4v) is 3.89. The highest BCUT2D eigenvalue weighted by atomic mass is 19.1. The summed E-state index contributed by atoms with van der Waals surface area (Å²) in [6.07, 6.45) is 1.66. The van der Waals surface area contributed by atoms with E-state index in [-0.39, 0.29) is 34.9 Å². The zero-order valence-electron chi connectivity index (χ0n) is 16.2. The number of halogens is 1. The predicted octanol–water partition coefficient (Wildman–Crippen LogP) is 1.99. The van der Waals surface area contributed by atoms with E-state index in [0.717, 1.165) is 25.9 Å². The van der Waals surface area contributed by atoms with Crippen molar-refractivity contribution in [3.63, 3.8) is 0 Å². The lowest BCUT2D eigenvalue weighted by Crippen LogP contribution is -2.45. The molecule has 28 heavy (non-hydrogen) atoms. The molecule has 1 saturated carbocycles. The number of anilines is 2. The van der Waals surface area contributed by atoms with E-state index in [1.165, 1.54) is 6.07 Å². The van der Waals surface area contributed by atoms with Gasteiger partial charge in [0, 0.05) is 38.3 Å². The third kappa shape index (κ3) is 3.11. The van der Waals surface area contributed by atoms with Crippen LogP contribution in [-0.4, -0.2) is 55.3 Å². The van der Waals surface area contributed by atoms with Crippen LogP contribution in [0.15, 0.2) is 16.9 Å². The Morgan fingerprint density at radius 3 is 2.54 bits per heavy atom. The number of pyridine rings is 1. The molecule has 150 valence electrons. The highest BCUT2D eigenvalue weighted by Crippen LogP contribution is 2.41. The Bertz CT molecular complexity index is 991. The molecule has 0 bridgehead atoms. The number of aromatic nitrogens is 1. The number of carbonyl (C=O) groups excluding carboxylic acids is 1. The molecule has 2 N–H and O–H groups in total. The molecule has 7 nitrogen and oxygen atoms in total. The van der Waals surface area contributed by atoms with Gasteiger partial charge in [-0.2, -0.15) is 0 Å². The lowest BCUT2D eigenvalue weighted by Gasteiger charge is -2.35. The zero-order chi connectivity index (χ0) is 20.0. The Balaban J connectivity index is 1.96.